The molecule has 0 fully saturated rings. The van der Waals surface area contributed by atoms with E-state index in [1.54, 1.807) is 0 Å². The van der Waals surface area contributed by atoms with E-state index in [1.165, 1.54) is 148 Å². The third kappa shape index (κ3) is 89.5. The predicted molar refractivity (Wildman–Crippen MR) is 482 cm³/mol. The fourth-order valence-electron chi connectivity index (χ4n) is 12.0. The lowest BCUT2D eigenvalue weighted by molar-refractivity contribution is -0.161. The molecule has 0 saturated carbocycles. The SMILES string of the molecule is CC/C=C\C/C=C\C/C=C\C/C=C\C/C=C\C/C=C\CCCCCCC(=O)OCC(COP(=O)(O)OCC(O)COP(=O)(O)OCC(O)COC(=O)CCCCCCCCCCCCCCCCCCCCC/C=C\C/C=C\C/C=C\C/C=C\CCCCC)OC(=O)CCCCCCC/C=C\C/C=C\C/C=C\C/C=C\CCCCC. The van der Waals surface area contributed by atoms with Crippen LogP contribution >= 0.6 is 15.6 Å². The van der Waals surface area contributed by atoms with Crippen molar-refractivity contribution in [3.63, 3.8) is 0 Å². The predicted octanol–water partition coefficient (Wildman–Crippen LogP) is 27.9. The normalized spacial score (nSPS) is 14.6. The lowest BCUT2D eigenvalue weighted by atomic mass is 10.0. The fraction of sp³-hybridized carbons (Fsp3) is 0.680. The summed E-state index contributed by atoms with van der Waals surface area (Å²) in [6, 6.07) is 0. The Morgan fingerprint density at radius 2 is 0.461 bits per heavy atom. The first kappa shape index (κ1) is 110. The van der Waals surface area contributed by atoms with E-state index < -0.39 is 91.5 Å². The summed E-state index contributed by atoms with van der Waals surface area (Å²) in [7, 11) is -9.83. The van der Waals surface area contributed by atoms with Crippen molar-refractivity contribution >= 4 is 33.6 Å². The summed E-state index contributed by atoms with van der Waals surface area (Å²) >= 11 is 0. The van der Waals surface area contributed by atoms with Crippen molar-refractivity contribution in [3.8, 4) is 0 Å². The van der Waals surface area contributed by atoms with Gasteiger partial charge in [-0.05, 0) is 161 Å². The number of phosphoric acid groups is 2. The molecule has 0 bridgehead atoms. The molecule has 0 aromatic rings. The summed E-state index contributed by atoms with van der Waals surface area (Å²) in [6.07, 6.45) is 114. The molecule has 18 heteroatoms. The molecule has 115 heavy (non-hydrogen) atoms. The molecule has 658 valence electrons. The number of aliphatic hydroxyl groups is 2. The maximum atomic E-state index is 13.0. The average molecular weight is 1650 g/mol. The summed E-state index contributed by atoms with van der Waals surface area (Å²) < 4.78 is 61.4. The first-order chi connectivity index (χ1) is 56.2. The smallest absolute Gasteiger partial charge is 0.463 e. The van der Waals surface area contributed by atoms with Crippen molar-refractivity contribution in [1.29, 1.82) is 0 Å². The molecular weight excluding hydrogens is 1480 g/mol. The number of esters is 3. The van der Waals surface area contributed by atoms with E-state index in [2.05, 4.69) is 191 Å². The van der Waals surface area contributed by atoms with Gasteiger partial charge in [0.1, 0.15) is 25.4 Å². The number of aliphatic hydroxyl groups excluding tert-OH is 2. The van der Waals surface area contributed by atoms with Gasteiger partial charge in [0.15, 0.2) is 6.10 Å². The van der Waals surface area contributed by atoms with Crippen molar-refractivity contribution in [1.82, 2.24) is 0 Å². The Labute approximate surface area is 701 Å². The highest BCUT2D eigenvalue weighted by Gasteiger charge is 2.29. The number of carbonyl (C=O) groups is 3. The van der Waals surface area contributed by atoms with Gasteiger partial charge < -0.3 is 34.2 Å². The van der Waals surface area contributed by atoms with Crippen LogP contribution in [0.15, 0.2) is 170 Å². The van der Waals surface area contributed by atoms with Gasteiger partial charge in [0.05, 0.1) is 26.4 Å². The maximum absolute atomic E-state index is 13.0. The second kappa shape index (κ2) is 88.2. The zero-order valence-corrected chi connectivity index (χ0v) is 74.2. The van der Waals surface area contributed by atoms with Crippen LogP contribution in [0.25, 0.3) is 0 Å². The number of unbranched alkanes of at least 4 members (excludes halogenated alkanes) is 34. The Bertz CT molecular complexity index is 2770. The summed E-state index contributed by atoms with van der Waals surface area (Å²) in [5.74, 6) is -1.62. The van der Waals surface area contributed by atoms with Gasteiger partial charge in [0, 0.05) is 19.3 Å². The van der Waals surface area contributed by atoms with E-state index in [0.29, 0.717) is 19.3 Å². The molecule has 0 heterocycles. The molecule has 0 rings (SSSR count). The van der Waals surface area contributed by atoms with Crippen LogP contribution in [0.1, 0.15) is 367 Å². The highest BCUT2D eigenvalue weighted by atomic mass is 31.2. The lowest BCUT2D eigenvalue weighted by Crippen LogP contribution is -2.30. The first-order valence-corrected chi connectivity index (χ1v) is 48.4. The summed E-state index contributed by atoms with van der Waals surface area (Å²) in [5, 5.41) is 20.7. The highest BCUT2D eigenvalue weighted by Crippen LogP contribution is 2.45. The lowest BCUT2D eigenvalue weighted by Gasteiger charge is -2.21. The monoisotopic (exact) mass is 1650 g/mol. The van der Waals surface area contributed by atoms with E-state index in [-0.39, 0.29) is 19.3 Å². The summed E-state index contributed by atoms with van der Waals surface area (Å²) in [5.41, 5.74) is 0. The van der Waals surface area contributed by atoms with E-state index in [1.807, 2.05) is 0 Å². The molecule has 0 aromatic heterocycles. The Morgan fingerprint density at radius 3 is 0.730 bits per heavy atom. The summed E-state index contributed by atoms with van der Waals surface area (Å²) in [4.78, 5) is 58.9. The number of hydrogen-bond donors (Lipinski definition) is 4. The van der Waals surface area contributed by atoms with Crippen LogP contribution in [-0.2, 0) is 55.8 Å². The number of carbonyl (C=O) groups excluding carboxylic acids is 3. The second-order valence-electron chi connectivity index (χ2n) is 30.0. The van der Waals surface area contributed by atoms with Crippen LogP contribution in [0.5, 0.6) is 0 Å². The van der Waals surface area contributed by atoms with Crippen LogP contribution in [0.3, 0.4) is 0 Å². The minimum Gasteiger partial charge on any atom is -0.463 e. The standard InChI is InChI=1S/C97H164O16P2/c1-4-7-10-13-16-19-22-25-28-31-34-37-39-40-41-42-43-44-45-46-47-48-49-50-52-55-56-59-62-65-68-71-74-77-80-83-95(100)107-86-92(98)87-109-114(103,104)110-88-93(99)89-111-115(105,106)112-91-94(113-97(102)85-82-79-76-73-70-67-64-61-58-53-36-33-30-27-24-21-18-15-12-9-6-3)90-108-96(101)84-81-78-75-72-69-66-63-60-57-54-51-38-35-32-29-26-23-20-17-14-11-8-5-2/h8,11,16-21,25-30,34-38,40-41,53-54,57,61,63-64,66,92-94,98-99H,4-7,9-10,12-15,22-24,31-33,39,42-52,55-56,58-60,62,65,67-91H2,1-3H3,(H,103,104)(H,105,106)/b11-8-,19-16-,20-17-,21-18-,28-25-,29-26-,30-27-,37-34-,38-35-,41-40-,53-36-,57-54-,64-61-,66-63-. The van der Waals surface area contributed by atoms with Gasteiger partial charge in [0.2, 0.25) is 0 Å². The molecule has 5 unspecified atom stereocenters. The number of phosphoric ester groups is 2. The Kier molecular flexibility index (Phi) is 84.3. The van der Waals surface area contributed by atoms with E-state index in [9.17, 15) is 43.5 Å². The molecule has 5 atom stereocenters. The molecule has 0 saturated heterocycles. The molecule has 16 nitrogen and oxygen atoms in total. The molecule has 4 N–H and O–H groups in total. The van der Waals surface area contributed by atoms with E-state index in [4.69, 9.17) is 32.3 Å². The molecule has 0 spiro atoms. The number of rotatable bonds is 85. The molecule has 0 aliphatic rings. The van der Waals surface area contributed by atoms with Crippen molar-refractivity contribution in [2.75, 3.05) is 39.6 Å². The third-order valence-electron chi connectivity index (χ3n) is 18.9. The minimum absolute atomic E-state index is 0.0718. The van der Waals surface area contributed by atoms with Crippen LogP contribution in [-0.4, -0.2) is 95.9 Å². The zero-order chi connectivity index (χ0) is 83.6. The first-order valence-electron chi connectivity index (χ1n) is 45.4. The molecular formula is C97H164O16P2. The Hall–Kier alpha value is -5.09. The van der Waals surface area contributed by atoms with Gasteiger partial charge in [0.25, 0.3) is 0 Å². The maximum Gasteiger partial charge on any atom is 0.472 e. The van der Waals surface area contributed by atoms with Crippen LogP contribution < -0.4 is 0 Å². The van der Waals surface area contributed by atoms with Crippen molar-refractivity contribution in [3.05, 3.63) is 170 Å². The molecule has 0 aliphatic carbocycles. The number of allylic oxidation sites excluding steroid dienone is 28. The number of ether oxygens (including phenoxy) is 3. The fourth-order valence-corrected chi connectivity index (χ4v) is 13.6. The Balaban J connectivity index is 4.56. The largest absolute Gasteiger partial charge is 0.472 e. The van der Waals surface area contributed by atoms with Crippen LogP contribution in [0.2, 0.25) is 0 Å². The Morgan fingerprint density at radius 1 is 0.252 bits per heavy atom. The molecule has 0 amide bonds. The van der Waals surface area contributed by atoms with Crippen LogP contribution in [0.4, 0.5) is 0 Å². The molecule has 0 aromatic carbocycles. The number of hydrogen-bond acceptors (Lipinski definition) is 14. The quantitative estimate of drug-likeness (QED) is 0.0146. The molecule has 0 radical (unpaired) electrons. The third-order valence-corrected chi connectivity index (χ3v) is 20.8. The van der Waals surface area contributed by atoms with Crippen molar-refractivity contribution in [2.24, 2.45) is 0 Å². The van der Waals surface area contributed by atoms with Gasteiger partial charge in [-0.2, -0.15) is 0 Å². The minimum atomic E-state index is -4.96. The van der Waals surface area contributed by atoms with Crippen LogP contribution in [0, 0.1) is 0 Å². The summed E-state index contributed by atoms with van der Waals surface area (Å²) in [6.45, 7) is 2.49. The van der Waals surface area contributed by atoms with Gasteiger partial charge in [-0.15, -0.1) is 0 Å². The molecule has 0 aliphatic heterocycles. The van der Waals surface area contributed by atoms with Crippen molar-refractivity contribution < 1.29 is 75.8 Å². The second-order valence-corrected chi connectivity index (χ2v) is 32.9. The van der Waals surface area contributed by atoms with Gasteiger partial charge in [-0.25, -0.2) is 9.13 Å². The zero-order valence-electron chi connectivity index (χ0n) is 72.4. The van der Waals surface area contributed by atoms with E-state index >= 15 is 0 Å². The van der Waals surface area contributed by atoms with Gasteiger partial charge >= 0.3 is 33.6 Å². The van der Waals surface area contributed by atoms with Gasteiger partial charge in [-0.1, -0.05) is 358 Å². The van der Waals surface area contributed by atoms with Gasteiger partial charge in [-0.3, -0.25) is 32.5 Å². The van der Waals surface area contributed by atoms with Crippen molar-refractivity contribution in [2.45, 2.75) is 386 Å². The van der Waals surface area contributed by atoms with E-state index in [0.717, 1.165) is 161 Å². The highest BCUT2D eigenvalue weighted by molar-refractivity contribution is 7.47. The topological polar surface area (TPSA) is 231 Å². The average Bonchev–Trinajstić information content (AvgIpc) is 0.903.